The molecule has 1 unspecified atom stereocenters. The molecule has 0 bridgehead atoms. The van der Waals surface area contributed by atoms with Crippen molar-refractivity contribution in [1.29, 1.82) is 0 Å². The van der Waals surface area contributed by atoms with E-state index in [4.69, 9.17) is 0 Å². The Bertz CT molecular complexity index is 476. The Morgan fingerprint density at radius 2 is 2.06 bits per heavy atom. The molecule has 17 heavy (non-hydrogen) atoms. The van der Waals surface area contributed by atoms with Gasteiger partial charge < -0.3 is 10.4 Å². The smallest absolute Gasteiger partial charge is 0.115 e. The third-order valence-corrected chi connectivity index (χ3v) is 2.73. The molecule has 0 aliphatic heterocycles. The third kappa shape index (κ3) is 2.78. The third-order valence-electron chi connectivity index (χ3n) is 2.73. The Morgan fingerprint density at radius 3 is 2.65 bits per heavy atom. The van der Waals surface area contributed by atoms with Gasteiger partial charge in [-0.2, -0.15) is 5.10 Å². The van der Waals surface area contributed by atoms with E-state index in [-0.39, 0.29) is 11.8 Å². The van der Waals surface area contributed by atoms with Crippen LogP contribution in [0, 0.1) is 0 Å². The van der Waals surface area contributed by atoms with Crippen LogP contribution in [0.2, 0.25) is 0 Å². The molecule has 90 valence electrons. The number of aryl methyl sites for hydroxylation is 1. The Hall–Kier alpha value is -1.97. The lowest BCUT2D eigenvalue weighted by molar-refractivity contribution is 0.475. The maximum Gasteiger partial charge on any atom is 0.115 e. The maximum atomic E-state index is 9.20. The van der Waals surface area contributed by atoms with Gasteiger partial charge in [-0.25, -0.2) is 0 Å². The Labute approximate surface area is 101 Å². The summed E-state index contributed by atoms with van der Waals surface area (Å²) in [6.45, 7) is 5.03. The molecule has 0 fully saturated rings. The molecule has 0 aliphatic rings. The van der Waals surface area contributed by atoms with E-state index in [0.717, 1.165) is 17.8 Å². The summed E-state index contributed by atoms with van der Waals surface area (Å²) in [4.78, 5) is 0. The van der Waals surface area contributed by atoms with Gasteiger partial charge in [0.2, 0.25) is 0 Å². The molecule has 0 radical (unpaired) electrons. The number of hydrogen-bond acceptors (Lipinski definition) is 3. The van der Waals surface area contributed by atoms with Gasteiger partial charge in [-0.3, -0.25) is 4.68 Å². The van der Waals surface area contributed by atoms with Crippen LogP contribution in [0.25, 0.3) is 0 Å². The number of rotatable bonds is 4. The molecule has 0 saturated heterocycles. The maximum absolute atomic E-state index is 9.20. The van der Waals surface area contributed by atoms with Crippen LogP contribution in [0.15, 0.2) is 36.7 Å². The highest BCUT2D eigenvalue weighted by Crippen LogP contribution is 2.20. The zero-order valence-corrected chi connectivity index (χ0v) is 10.1. The van der Waals surface area contributed by atoms with E-state index in [0.29, 0.717) is 0 Å². The van der Waals surface area contributed by atoms with Crippen molar-refractivity contribution in [2.24, 2.45) is 0 Å². The molecule has 4 heteroatoms. The normalized spacial score (nSPS) is 12.4. The molecular weight excluding hydrogens is 214 g/mol. The van der Waals surface area contributed by atoms with Gasteiger partial charge in [0.05, 0.1) is 12.2 Å². The number of phenolic OH excluding ortho intramolecular Hbond substituents is 1. The van der Waals surface area contributed by atoms with Gasteiger partial charge in [-0.05, 0) is 38.1 Å². The molecule has 0 amide bonds. The quantitative estimate of drug-likeness (QED) is 0.795. The van der Waals surface area contributed by atoms with Gasteiger partial charge in [-0.15, -0.1) is 0 Å². The van der Waals surface area contributed by atoms with E-state index in [1.807, 2.05) is 29.2 Å². The molecule has 2 aromatic rings. The molecular formula is C13H17N3O. The van der Waals surface area contributed by atoms with E-state index in [1.54, 1.807) is 12.1 Å². The minimum Gasteiger partial charge on any atom is -0.508 e. The highest BCUT2D eigenvalue weighted by atomic mass is 16.3. The average molecular weight is 231 g/mol. The predicted molar refractivity (Wildman–Crippen MR) is 68.0 cm³/mol. The topological polar surface area (TPSA) is 50.1 Å². The van der Waals surface area contributed by atoms with Gasteiger partial charge in [0.15, 0.2) is 0 Å². The van der Waals surface area contributed by atoms with Crippen molar-refractivity contribution in [2.75, 3.05) is 5.32 Å². The molecule has 1 aromatic heterocycles. The van der Waals surface area contributed by atoms with Gasteiger partial charge in [0, 0.05) is 24.0 Å². The Balaban J connectivity index is 2.05. The summed E-state index contributed by atoms with van der Waals surface area (Å²) in [7, 11) is 0. The van der Waals surface area contributed by atoms with Crippen LogP contribution in [-0.2, 0) is 6.54 Å². The van der Waals surface area contributed by atoms with Gasteiger partial charge in [0.1, 0.15) is 5.75 Å². The Morgan fingerprint density at radius 1 is 1.35 bits per heavy atom. The van der Waals surface area contributed by atoms with Crippen LogP contribution in [0.3, 0.4) is 0 Å². The summed E-state index contributed by atoms with van der Waals surface area (Å²) in [6.07, 6.45) is 3.92. The monoisotopic (exact) mass is 231 g/mol. The van der Waals surface area contributed by atoms with Crippen LogP contribution in [0.5, 0.6) is 5.75 Å². The molecule has 0 aliphatic carbocycles. The average Bonchev–Trinajstić information content (AvgIpc) is 2.81. The van der Waals surface area contributed by atoms with Crippen LogP contribution >= 0.6 is 0 Å². The number of phenols is 1. The molecule has 2 rings (SSSR count). The molecule has 1 aromatic carbocycles. The zero-order chi connectivity index (χ0) is 12.3. The Kier molecular flexibility index (Phi) is 3.32. The van der Waals surface area contributed by atoms with Crippen LogP contribution < -0.4 is 5.32 Å². The summed E-state index contributed by atoms with van der Waals surface area (Å²) in [5.41, 5.74) is 2.14. The fourth-order valence-corrected chi connectivity index (χ4v) is 1.67. The largest absolute Gasteiger partial charge is 0.508 e. The van der Waals surface area contributed by atoms with E-state index < -0.39 is 0 Å². The standard InChI is InChI=1S/C13H17N3O/c1-3-16-9-11(8-14-16)10(2)15-12-4-6-13(17)7-5-12/h4-10,15,17H,3H2,1-2H3. The van der Waals surface area contributed by atoms with Crippen molar-refractivity contribution in [3.8, 4) is 5.75 Å². The second kappa shape index (κ2) is 4.91. The summed E-state index contributed by atoms with van der Waals surface area (Å²) in [5, 5.41) is 16.8. The van der Waals surface area contributed by atoms with Crippen molar-refractivity contribution < 1.29 is 5.11 Å². The molecule has 4 nitrogen and oxygen atoms in total. The number of hydrogen-bond donors (Lipinski definition) is 2. The molecule has 0 saturated carbocycles. The lowest BCUT2D eigenvalue weighted by Crippen LogP contribution is -2.05. The number of nitrogens with zero attached hydrogens (tertiary/aromatic N) is 2. The number of nitrogens with one attached hydrogen (secondary N) is 1. The van der Waals surface area contributed by atoms with Crippen molar-refractivity contribution in [2.45, 2.75) is 26.4 Å². The van der Waals surface area contributed by atoms with Crippen molar-refractivity contribution in [3.05, 3.63) is 42.2 Å². The zero-order valence-electron chi connectivity index (χ0n) is 10.1. The van der Waals surface area contributed by atoms with Gasteiger partial charge in [-0.1, -0.05) is 0 Å². The highest BCUT2D eigenvalue weighted by molar-refractivity contribution is 5.47. The van der Waals surface area contributed by atoms with Crippen LogP contribution in [0.4, 0.5) is 5.69 Å². The van der Waals surface area contributed by atoms with E-state index in [1.165, 1.54) is 0 Å². The van der Waals surface area contributed by atoms with Crippen molar-refractivity contribution in [1.82, 2.24) is 9.78 Å². The summed E-state index contributed by atoms with van der Waals surface area (Å²) >= 11 is 0. The molecule has 1 heterocycles. The number of benzene rings is 1. The van der Waals surface area contributed by atoms with E-state index >= 15 is 0 Å². The minimum atomic E-state index is 0.194. The fourth-order valence-electron chi connectivity index (χ4n) is 1.67. The highest BCUT2D eigenvalue weighted by Gasteiger charge is 2.07. The first-order chi connectivity index (χ1) is 8.19. The van der Waals surface area contributed by atoms with Crippen LogP contribution in [-0.4, -0.2) is 14.9 Å². The summed E-state index contributed by atoms with van der Waals surface area (Å²) < 4.78 is 1.91. The van der Waals surface area contributed by atoms with Crippen molar-refractivity contribution >= 4 is 5.69 Å². The lowest BCUT2D eigenvalue weighted by atomic mass is 10.2. The second-order valence-electron chi connectivity index (χ2n) is 4.04. The summed E-state index contributed by atoms with van der Waals surface area (Å²) in [5.74, 6) is 0.280. The van der Waals surface area contributed by atoms with Gasteiger partial charge >= 0.3 is 0 Å². The number of anilines is 1. The minimum absolute atomic E-state index is 0.194. The molecule has 2 N–H and O–H groups in total. The lowest BCUT2D eigenvalue weighted by Gasteiger charge is -2.13. The molecule has 0 spiro atoms. The predicted octanol–water partition coefficient (Wildman–Crippen LogP) is 2.78. The number of aromatic hydroxyl groups is 1. The second-order valence-corrected chi connectivity index (χ2v) is 4.04. The summed E-state index contributed by atoms with van der Waals surface area (Å²) in [6, 6.07) is 7.25. The number of aromatic nitrogens is 2. The first-order valence-corrected chi connectivity index (χ1v) is 5.77. The first-order valence-electron chi connectivity index (χ1n) is 5.77. The molecule has 1 atom stereocenters. The van der Waals surface area contributed by atoms with Crippen LogP contribution in [0.1, 0.15) is 25.5 Å². The fraction of sp³-hybridized carbons (Fsp3) is 0.308. The SMILES string of the molecule is CCn1cc(C(C)Nc2ccc(O)cc2)cn1. The van der Waals surface area contributed by atoms with E-state index in [2.05, 4.69) is 24.3 Å². The van der Waals surface area contributed by atoms with Crippen molar-refractivity contribution in [3.63, 3.8) is 0 Å². The van der Waals surface area contributed by atoms with Gasteiger partial charge in [0.25, 0.3) is 0 Å². The first kappa shape index (κ1) is 11.5. The van der Waals surface area contributed by atoms with E-state index in [9.17, 15) is 5.11 Å².